The van der Waals surface area contributed by atoms with Gasteiger partial charge in [-0.2, -0.15) is 0 Å². The van der Waals surface area contributed by atoms with Crippen LogP contribution in [0.5, 0.6) is 0 Å². The third-order valence-corrected chi connectivity index (χ3v) is 8.83. The molecule has 1 N–H and O–H groups in total. The highest BCUT2D eigenvalue weighted by Crippen LogP contribution is 2.67. The zero-order valence-corrected chi connectivity index (χ0v) is 14.8. The van der Waals surface area contributed by atoms with E-state index in [0.29, 0.717) is 10.8 Å². The van der Waals surface area contributed by atoms with Crippen molar-refractivity contribution in [1.82, 2.24) is 0 Å². The number of hydrogen-bond acceptors (Lipinski definition) is 1. The molecule has 4 rings (SSSR count). The number of allylic oxidation sites excluding steroid dienone is 2. The molecule has 0 saturated heterocycles. The molecule has 4 saturated carbocycles. The fraction of sp³-hybridized carbons (Fsp3) is 0.905. The van der Waals surface area contributed by atoms with Gasteiger partial charge in [0.2, 0.25) is 0 Å². The van der Waals surface area contributed by atoms with Gasteiger partial charge in [0.25, 0.3) is 0 Å². The molecule has 7 atom stereocenters. The normalized spacial score (nSPS) is 56.4. The smallest absolute Gasteiger partial charge is 0.0543 e. The lowest BCUT2D eigenvalue weighted by Gasteiger charge is -2.60. The summed E-state index contributed by atoms with van der Waals surface area (Å²) in [5, 5.41) is 10.1. The van der Waals surface area contributed by atoms with Gasteiger partial charge >= 0.3 is 0 Å². The van der Waals surface area contributed by atoms with E-state index >= 15 is 0 Å². The van der Waals surface area contributed by atoms with Gasteiger partial charge in [-0.15, -0.1) is 0 Å². The third-order valence-electron chi connectivity index (χ3n) is 8.83. The van der Waals surface area contributed by atoms with Crippen molar-refractivity contribution in [1.29, 1.82) is 0 Å². The molecule has 1 heteroatoms. The van der Waals surface area contributed by atoms with E-state index in [1.165, 1.54) is 44.9 Å². The summed E-state index contributed by atoms with van der Waals surface area (Å²) < 4.78 is 0. The van der Waals surface area contributed by atoms with Crippen LogP contribution in [0.2, 0.25) is 0 Å². The van der Waals surface area contributed by atoms with Crippen molar-refractivity contribution < 1.29 is 5.11 Å². The van der Waals surface area contributed by atoms with E-state index in [1.807, 2.05) is 0 Å². The molecule has 0 aromatic heterocycles. The third kappa shape index (κ3) is 1.93. The molecule has 0 aromatic rings. The lowest BCUT2D eigenvalue weighted by atomic mass is 9.45. The predicted octanol–water partition coefficient (Wildman–Crippen LogP) is 5.34. The highest BCUT2D eigenvalue weighted by atomic mass is 16.3. The molecule has 0 heterocycles. The summed E-state index contributed by atoms with van der Waals surface area (Å²) in [4.78, 5) is 0. The van der Waals surface area contributed by atoms with Crippen molar-refractivity contribution in [2.24, 2.45) is 34.5 Å². The second-order valence-electron chi connectivity index (χ2n) is 9.39. The number of fused-ring (bicyclic) bond motifs is 5. The molecule has 4 fully saturated rings. The van der Waals surface area contributed by atoms with Gasteiger partial charge in [-0.1, -0.05) is 25.5 Å². The van der Waals surface area contributed by atoms with Crippen molar-refractivity contribution in [2.45, 2.75) is 84.7 Å². The highest BCUT2D eigenvalue weighted by Gasteiger charge is 2.58. The van der Waals surface area contributed by atoms with Crippen LogP contribution in [0, 0.1) is 34.5 Å². The average molecular weight is 303 g/mol. The van der Waals surface area contributed by atoms with E-state index in [-0.39, 0.29) is 6.10 Å². The topological polar surface area (TPSA) is 20.2 Å². The Hall–Kier alpha value is -0.300. The van der Waals surface area contributed by atoms with Gasteiger partial charge in [0.1, 0.15) is 0 Å². The molecule has 1 nitrogen and oxygen atoms in total. The molecule has 4 aliphatic carbocycles. The SMILES string of the molecule is CC=C1CC[C@H]2[C@@H]3CCC4C[C@H](O)CC[C@]4(C)[C@H]3CC[C@]12C. The zero-order chi connectivity index (χ0) is 15.5. The Morgan fingerprint density at radius 2 is 1.82 bits per heavy atom. The number of hydrogen-bond donors (Lipinski definition) is 1. The van der Waals surface area contributed by atoms with E-state index in [4.69, 9.17) is 0 Å². The first-order chi connectivity index (χ1) is 10.5. The summed E-state index contributed by atoms with van der Waals surface area (Å²) in [6, 6.07) is 0. The fourth-order valence-electron chi connectivity index (χ4n) is 7.56. The summed E-state index contributed by atoms with van der Waals surface area (Å²) in [5.74, 6) is 3.65. The summed E-state index contributed by atoms with van der Waals surface area (Å²) in [6.45, 7) is 7.43. The Kier molecular flexibility index (Phi) is 3.53. The molecule has 4 aliphatic rings. The van der Waals surface area contributed by atoms with Crippen molar-refractivity contribution in [3.8, 4) is 0 Å². The Morgan fingerprint density at radius 1 is 1.00 bits per heavy atom. The van der Waals surface area contributed by atoms with Gasteiger partial charge < -0.3 is 5.11 Å². The molecule has 1 unspecified atom stereocenters. The summed E-state index contributed by atoms with van der Waals surface area (Å²) >= 11 is 0. The van der Waals surface area contributed by atoms with Gasteiger partial charge in [0.05, 0.1) is 6.10 Å². The van der Waals surface area contributed by atoms with Crippen LogP contribution in [0.1, 0.15) is 78.6 Å². The maximum absolute atomic E-state index is 10.1. The molecular weight excluding hydrogens is 268 g/mol. The minimum Gasteiger partial charge on any atom is -0.393 e. The summed E-state index contributed by atoms with van der Waals surface area (Å²) in [6.07, 6.45) is 14.3. The first-order valence-corrected chi connectivity index (χ1v) is 9.83. The van der Waals surface area contributed by atoms with Gasteiger partial charge in [-0.25, -0.2) is 0 Å². The highest BCUT2D eigenvalue weighted by molar-refractivity contribution is 5.23. The molecule has 0 radical (unpaired) electrons. The average Bonchev–Trinajstić information content (AvgIpc) is 2.84. The van der Waals surface area contributed by atoms with E-state index in [9.17, 15) is 5.11 Å². The number of aliphatic hydroxyl groups excluding tert-OH is 1. The molecule has 124 valence electrons. The summed E-state index contributed by atoms with van der Waals surface area (Å²) in [5.41, 5.74) is 2.82. The van der Waals surface area contributed by atoms with Crippen LogP contribution in [-0.2, 0) is 0 Å². The van der Waals surface area contributed by atoms with Crippen LogP contribution in [0.25, 0.3) is 0 Å². The lowest BCUT2D eigenvalue weighted by molar-refractivity contribution is -0.116. The van der Waals surface area contributed by atoms with Gasteiger partial charge in [-0.05, 0) is 99.2 Å². The van der Waals surface area contributed by atoms with E-state index in [0.717, 1.165) is 36.5 Å². The summed E-state index contributed by atoms with van der Waals surface area (Å²) in [7, 11) is 0. The van der Waals surface area contributed by atoms with Gasteiger partial charge in [-0.3, -0.25) is 0 Å². The Morgan fingerprint density at radius 3 is 2.59 bits per heavy atom. The molecule has 0 aliphatic heterocycles. The van der Waals surface area contributed by atoms with Crippen LogP contribution in [-0.4, -0.2) is 11.2 Å². The van der Waals surface area contributed by atoms with Crippen molar-refractivity contribution in [2.75, 3.05) is 0 Å². The van der Waals surface area contributed by atoms with Crippen LogP contribution < -0.4 is 0 Å². The fourth-order valence-corrected chi connectivity index (χ4v) is 7.56. The van der Waals surface area contributed by atoms with Crippen molar-refractivity contribution in [3.05, 3.63) is 11.6 Å². The standard InChI is InChI=1S/C21H34O/c1-4-14-6-8-18-17-7-5-15-13-16(22)9-11-21(15,3)19(17)10-12-20(14,18)2/h4,15-19,22H,5-13H2,1-3H3/t15?,16-,17+,18+,19+,20-,21+/m1/s1. The van der Waals surface area contributed by atoms with Crippen LogP contribution in [0.15, 0.2) is 11.6 Å². The van der Waals surface area contributed by atoms with E-state index in [2.05, 4.69) is 26.8 Å². The monoisotopic (exact) mass is 302 g/mol. The lowest BCUT2D eigenvalue weighted by Crippen LogP contribution is -2.53. The Balaban J connectivity index is 1.63. The molecule has 0 bridgehead atoms. The quantitative estimate of drug-likeness (QED) is 0.599. The molecule has 22 heavy (non-hydrogen) atoms. The Labute approximate surface area is 136 Å². The first-order valence-electron chi connectivity index (χ1n) is 9.83. The zero-order valence-electron chi connectivity index (χ0n) is 14.8. The van der Waals surface area contributed by atoms with Gasteiger partial charge in [0.15, 0.2) is 0 Å². The van der Waals surface area contributed by atoms with Crippen molar-refractivity contribution >= 4 is 0 Å². The largest absolute Gasteiger partial charge is 0.393 e. The van der Waals surface area contributed by atoms with Crippen molar-refractivity contribution in [3.63, 3.8) is 0 Å². The number of aliphatic hydroxyl groups is 1. The van der Waals surface area contributed by atoms with E-state index < -0.39 is 0 Å². The second kappa shape index (κ2) is 5.10. The molecule has 0 spiro atoms. The van der Waals surface area contributed by atoms with Crippen LogP contribution in [0.3, 0.4) is 0 Å². The van der Waals surface area contributed by atoms with E-state index in [1.54, 1.807) is 5.57 Å². The predicted molar refractivity (Wildman–Crippen MR) is 91.5 cm³/mol. The minimum absolute atomic E-state index is 0.00964. The maximum Gasteiger partial charge on any atom is 0.0543 e. The first kappa shape index (κ1) is 15.2. The molecule has 0 aromatic carbocycles. The molecular formula is C21H34O. The minimum atomic E-state index is -0.00964. The van der Waals surface area contributed by atoms with Gasteiger partial charge in [0, 0.05) is 0 Å². The van der Waals surface area contributed by atoms with Crippen LogP contribution >= 0.6 is 0 Å². The number of rotatable bonds is 0. The second-order valence-corrected chi connectivity index (χ2v) is 9.39. The maximum atomic E-state index is 10.1. The van der Waals surface area contributed by atoms with Crippen LogP contribution in [0.4, 0.5) is 0 Å². The molecule has 0 amide bonds. The Bertz CT molecular complexity index is 480.